The van der Waals surface area contributed by atoms with Crippen LogP contribution in [0.15, 0.2) is 36.4 Å². The number of fused-ring (bicyclic) bond motifs is 3. The van der Waals surface area contributed by atoms with Crippen molar-refractivity contribution >= 4 is 21.8 Å². The minimum absolute atomic E-state index is 0.686. The first-order valence-corrected chi connectivity index (χ1v) is 9.41. The van der Waals surface area contributed by atoms with Gasteiger partial charge in [-0.05, 0) is 64.1 Å². The summed E-state index contributed by atoms with van der Waals surface area (Å²) in [6, 6.07) is 12.4. The number of H-pyrrole nitrogens is 1. The Hall–Kier alpha value is -3.74. The van der Waals surface area contributed by atoms with E-state index in [1.165, 1.54) is 0 Å². The summed E-state index contributed by atoms with van der Waals surface area (Å²) in [5.41, 5.74) is 4.05. The summed E-state index contributed by atoms with van der Waals surface area (Å²) in [6.07, 6.45) is 0. The first-order chi connectivity index (χ1) is 14.0. The molecular weight excluding hydrogens is 362 g/mol. The predicted octanol–water partition coefficient (Wildman–Crippen LogP) is 4.26. The van der Waals surface area contributed by atoms with Crippen molar-refractivity contribution in [3.05, 3.63) is 59.7 Å². The van der Waals surface area contributed by atoms with E-state index >= 15 is 0 Å². The van der Waals surface area contributed by atoms with Crippen molar-refractivity contribution in [2.45, 2.75) is 27.7 Å². The Morgan fingerprint density at radius 3 is 1.28 bits per heavy atom. The number of hydrogen-bond acceptors (Lipinski definition) is 6. The van der Waals surface area contributed by atoms with Gasteiger partial charge in [0.25, 0.3) is 0 Å². The van der Waals surface area contributed by atoms with Gasteiger partial charge in [-0.25, -0.2) is 29.9 Å². The van der Waals surface area contributed by atoms with E-state index in [0.29, 0.717) is 11.6 Å². The van der Waals surface area contributed by atoms with Crippen molar-refractivity contribution in [1.82, 2.24) is 34.9 Å². The molecule has 0 aliphatic heterocycles. The van der Waals surface area contributed by atoms with Gasteiger partial charge in [-0.1, -0.05) is 0 Å². The molecular formula is C22H19N7. The molecule has 2 aromatic carbocycles. The highest BCUT2D eigenvalue weighted by Crippen LogP contribution is 2.31. The van der Waals surface area contributed by atoms with E-state index in [0.717, 1.165) is 56.2 Å². The summed E-state index contributed by atoms with van der Waals surface area (Å²) in [6.45, 7) is 7.53. The Bertz CT molecular complexity index is 1260. The van der Waals surface area contributed by atoms with Crippen LogP contribution in [0.25, 0.3) is 44.6 Å². The predicted molar refractivity (Wildman–Crippen MR) is 112 cm³/mol. The van der Waals surface area contributed by atoms with Crippen molar-refractivity contribution in [2.24, 2.45) is 0 Å². The number of hydrogen-bond donors (Lipinski definition) is 1. The second-order valence-electron chi connectivity index (χ2n) is 7.15. The van der Waals surface area contributed by atoms with Crippen LogP contribution in [0, 0.1) is 27.7 Å². The molecule has 0 amide bonds. The van der Waals surface area contributed by atoms with Gasteiger partial charge in [0.2, 0.25) is 0 Å². The molecule has 3 aromatic heterocycles. The summed E-state index contributed by atoms with van der Waals surface area (Å²) in [7, 11) is 0. The average molecular weight is 381 g/mol. The molecule has 0 saturated carbocycles. The highest BCUT2D eigenvalue weighted by atomic mass is 15.0. The zero-order valence-electron chi connectivity index (χ0n) is 16.6. The molecule has 0 fully saturated rings. The molecule has 0 aliphatic carbocycles. The second-order valence-corrected chi connectivity index (χ2v) is 7.15. The van der Waals surface area contributed by atoms with Crippen LogP contribution < -0.4 is 0 Å². The van der Waals surface area contributed by atoms with E-state index < -0.39 is 0 Å². The normalized spacial score (nSPS) is 11.4. The van der Waals surface area contributed by atoms with Crippen LogP contribution in [-0.4, -0.2) is 34.9 Å². The first-order valence-electron chi connectivity index (χ1n) is 9.41. The van der Waals surface area contributed by atoms with Crippen LogP contribution in [0.5, 0.6) is 0 Å². The van der Waals surface area contributed by atoms with E-state index in [1.807, 2.05) is 39.8 Å². The average Bonchev–Trinajstić information content (AvgIpc) is 3.03. The Labute approximate surface area is 167 Å². The fourth-order valence-corrected chi connectivity index (χ4v) is 3.67. The zero-order chi connectivity index (χ0) is 20.1. The Kier molecular flexibility index (Phi) is 3.84. The van der Waals surface area contributed by atoms with Gasteiger partial charge in [0.1, 0.15) is 23.3 Å². The molecule has 7 heteroatoms. The van der Waals surface area contributed by atoms with Crippen molar-refractivity contribution in [1.29, 1.82) is 0 Å². The van der Waals surface area contributed by atoms with Crippen LogP contribution in [-0.2, 0) is 0 Å². The molecule has 5 rings (SSSR count). The smallest absolute Gasteiger partial charge is 0.163 e. The quantitative estimate of drug-likeness (QED) is 0.491. The number of nitrogens with zero attached hydrogens (tertiary/aromatic N) is 6. The minimum Gasteiger partial charge on any atom is -0.355 e. The molecule has 0 unspecified atom stereocenters. The van der Waals surface area contributed by atoms with Gasteiger partial charge >= 0.3 is 0 Å². The lowest BCUT2D eigenvalue weighted by Gasteiger charge is -2.04. The maximum Gasteiger partial charge on any atom is 0.163 e. The molecule has 0 aliphatic rings. The SMILES string of the molecule is Cc1nc(C)nc(-c2ccc3[nH]c4ccc(-c5nc(C)nc(C)n5)cc4c3c2)n1. The third kappa shape index (κ3) is 3.10. The highest BCUT2D eigenvalue weighted by molar-refractivity contribution is 6.09. The number of rotatable bonds is 2. The van der Waals surface area contributed by atoms with Crippen LogP contribution in [0.4, 0.5) is 0 Å². The maximum absolute atomic E-state index is 4.50. The fourth-order valence-electron chi connectivity index (χ4n) is 3.67. The third-order valence-electron chi connectivity index (χ3n) is 4.83. The number of aryl methyl sites for hydroxylation is 4. The number of nitrogens with one attached hydrogen (secondary N) is 1. The summed E-state index contributed by atoms with van der Waals surface area (Å²) in [5, 5.41) is 2.22. The molecule has 0 spiro atoms. The monoisotopic (exact) mass is 381 g/mol. The topological polar surface area (TPSA) is 93.1 Å². The van der Waals surface area contributed by atoms with E-state index in [1.54, 1.807) is 0 Å². The molecule has 1 N–H and O–H groups in total. The molecule has 142 valence electrons. The largest absolute Gasteiger partial charge is 0.355 e. The summed E-state index contributed by atoms with van der Waals surface area (Å²) < 4.78 is 0. The maximum atomic E-state index is 4.50. The standard InChI is InChI=1S/C22H19N7/c1-11-23-12(2)26-21(25-11)15-5-7-19-17(9-15)18-10-16(6-8-20(18)29-19)22-27-13(3)24-14(4)28-22/h5-10,29H,1-4H3. The Morgan fingerprint density at radius 2 is 0.897 bits per heavy atom. The lowest BCUT2D eigenvalue weighted by atomic mass is 10.1. The number of aromatic nitrogens is 7. The Morgan fingerprint density at radius 1 is 0.517 bits per heavy atom. The van der Waals surface area contributed by atoms with Crippen LogP contribution in [0.1, 0.15) is 23.3 Å². The summed E-state index contributed by atoms with van der Waals surface area (Å²) >= 11 is 0. The van der Waals surface area contributed by atoms with E-state index in [4.69, 9.17) is 0 Å². The van der Waals surface area contributed by atoms with Gasteiger partial charge in [0, 0.05) is 32.9 Å². The van der Waals surface area contributed by atoms with Crippen molar-refractivity contribution in [2.75, 3.05) is 0 Å². The molecule has 0 radical (unpaired) electrons. The van der Waals surface area contributed by atoms with Crippen molar-refractivity contribution < 1.29 is 0 Å². The third-order valence-corrected chi connectivity index (χ3v) is 4.83. The molecule has 7 nitrogen and oxygen atoms in total. The zero-order valence-corrected chi connectivity index (χ0v) is 16.6. The van der Waals surface area contributed by atoms with E-state index in [-0.39, 0.29) is 0 Å². The van der Waals surface area contributed by atoms with Gasteiger partial charge in [-0.15, -0.1) is 0 Å². The van der Waals surface area contributed by atoms with Gasteiger partial charge < -0.3 is 4.98 Å². The van der Waals surface area contributed by atoms with Crippen molar-refractivity contribution in [3.63, 3.8) is 0 Å². The fraction of sp³-hybridized carbons (Fsp3) is 0.182. The molecule has 29 heavy (non-hydrogen) atoms. The van der Waals surface area contributed by atoms with Crippen LogP contribution in [0.3, 0.4) is 0 Å². The van der Waals surface area contributed by atoms with Gasteiger partial charge in [-0.3, -0.25) is 0 Å². The molecule has 0 atom stereocenters. The van der Waals surface area contributed by atoms with Crippen LogP contribution >= 0.6 is 0 Å². The highest BCUT2D eigenvalue weighted by Gasteiger charge is 2.11. The molecule has 0 saturated heterocycles. The van der Waals surface area contributed by atoms with E-state index in [2.05, 4.69) is 59.2 Å². The van der Waals surface area contributed by atoms with Crippen molar-refractivity contribution in [3.8, 4) is 22.8 Å². The molecule has 5 aromatic rings. The second kappa shape index (κ2) is 6.41. The lowest BCUT2D eigenvalue weighted by molar-refractivity contribution is 0.928. The van der Waals surface area contributed by atoms with Gasteiger partial charge in [0.05, 0.1) is 0 Å². The lowest BCUT2D eigenvalue weighted by Crippen LogP contribution is -1.98. The minimum atomic E-state index is 0.686. The summed E-state index contributed by atoms with van der Waals surface area (Å²) in [4.78, 5) is 30.0. The van der Waals surface area contributed by atoms with E-state index in [9.17, 15) is 0 Å². The van der Waals surface area contributed by atoms with Crippen LogP contribution in [0.2, 0.25) is 0 Å². The first kappa shape index (κ1) is 17.4. The number of benzene rings is 2. The molecule has 3 heterocycles. The number of aromatic amines is 1. The molecule has 0 bridgehead atoms. The van der Waals surface area contributed by atoms with Gasteiger partial charge in [-0.2, -0.15) is 0 Å². The summed E-state index contributed by atoms with van der Waals surface area (Å²) in [5.74, 6) is 4.24. The Balaban J connectivity index is 1.71. The van der Waals surface area contributed by atoms with Gasteiger partial charge in [0.15, 0.2) is 11.6 Å².